The number of pyridine rings is 1. The molecule has 0 radical (unpaired) electrons. The summed E-state index contributed by atoms with van der Waals surface area (Å²) >= 11 is 5.85. The van der Waals surface area contributed by atoms with Crippen LogP contribution in [-0.2, 0) is 11.2 Å². The summed E-state index contributed by atoms with van der Waals surface area (Å²) in [5.41, 5.74) is 3.92. The van der Waals surface area contributed by atoms with Crippen molar-refractivity contribution in [3.05, 3.63) is 58.4 Å². The first-order valence-corrected chi connectivity index (χ1v) is 6.90. The summed E-state index contributed by atoms with van der Waals surface area (Å²) in [5, 5.41) is 3.29. The fourth-order valence-electron chi connectivity index (χ4n) is 1.86. The Morgan fingerprint density at radius 1 is 1.25 bits per heavy atom. The lowest BCUT2D eigenvalue weighted by Gasteiger charge is -2.06. The Morgan fingerprint density at radius 3 is 2.60 bits per heavy atom. The van der Waals surface area contributed by atoms with Crippen LogP contribution in [0, 0.1) is 13.8 Å². The molecule has 1 aromatic heterocycles. The molecule has 0 saturated heterocycles. The van der Waals surface area contributed by atoms with Crippen molar-refractivity contribution in [2.45, 2.75) is 26.7 Å². The number of halogens is 1. The van der Waals surface area contributed by atoms with Gasteiger partial charge in [-0.15, -0.1) is 0 Å². The number of benzene rings is 1. The number of nitrogens with zero attached hydrogens (tertiary/aromatic N) is 1. The first-order valence-electron chi connectivity index (χ1n) is 6.52. The number of carbonyl (C=O) groups excluding carboxylic acids is 1. The molecule has 1 amide bonds. The van der Waals surface area contributed by atoms with Gasteiger partial charge in [-0.1, -0.05) is 41.4 Å². The molecule has 0 aliphatic rings. The third-order valence-corrected chi connectivity index (χ3v) is 3.46. The van der Waals surface area contributed by atoms with Crippen LogP contribution in [-0.4, -0.2) is 10.9 Å². The van der Waals surface area contributed by atoms with E-state index in [2.05, 4.69) is 34.6 Å². The smallest absolute Gasteiger partial charge is 0.224 e. The number of amides is 1. The van der Waals surface area contributed by atoms with E-state index in [9.17, 15) is 4.79 Å². The van der Waals surface area contributed by atoms with E-state index in [1.165, 1.54) is 5.56 Å². The zero-order valence-electron chi connectivity index (χ0n) is 11.6. The third-order valence-electron chi connectivity index (χ3n) is 3.06. The van der Waals surface area contributed by atoms with Gasteiger partial charge in [0, 0.05) is 6.42 Å². The van der Waals surface area contributed by atoms with E-state index in [1.54, 1.807) is 6.20 Å². The molecule has 1 aromatic carbocycles. The van der Waals surface area contributed by atoms with Gasteiger partial charge < -0.3 is 5.32 Å². The molecule has 0 unspecified atom stereocenters. The largest absolute Gasteiger partial charge is 0.325 e. The van der Waals surface area contributed by atoms with Crippen LogP contribution in [0.5, 0.6) is 0 Å². The topological polar surface area (TPSA) is 42.0 Å². The second kappa shape index (κ2) is 6.53. The molecule has 1 N–H and O–H groups in total. The highest BCUT2D eigenvalue weighted by Gasteiger charge is 2.05. The first kappa shape index (κ1) is 14.5. The van der Waals surface area contributed by atoms with Crippen LogP contribution in [0.1, 0.15) is 23.1 Å². The predicted molar refractivity (Wildman–Crippen MR) is 82.1 cm³/mol. The average molecular weight is 289 g/mol. The first-order chi connectivity index (χ1) is 9.54. The molecule has 104 valence electrons. The Morgan fingerprint density at radius 2 is 1.95 bits per heavy atom. The second-order valence-corrected chi connectivity index (χ2v) is 5.22. The van der Waals surface area contributed by atoms with Gasteiger partial charge in [0.25, 0.3) is 0 Å². The maximum Gasteiger partial charge on any atom is 0.224 e. The van der Waals surface area contributed by atoms with Crippen molar-refractivity contribution in [3.8, 4) is 0 Å². The Labute approximate surface area is 124 Å². The Kier molecular flexibility index (Phi) is 4.74. The Balaban J connectivity index is 1.89. The number of rotatable bonds is 4. The van der Waals surface area contributed by atoms with Crippen LogP contribution < -0.4 is 5.32 Å². The van der Waals surface area contributed by atoms with Gasteiger partial charge in [0.1, 0.15) is 5.15 Å². The maximum atomic E-state index is 11.9. The number of carbonyl (C=O) groups is 1. The minimum Gasteiger partial charge on any atom is -0.325 e. The van der Waals surface area contributed by atoms with Crippen molar-refractivity contribution in [3.63, 3.8) is 0 Å². The minimum absolute atomic E-state index is 0.0194. The molecule has 0 saturated carbocycles. The van der Waals surface area contributed by atoms with Crippen LogP contribution in [0.15, 0.2) is 36.5 Å². The summed E-state index contributed by atoms with van der Waals surface area (Å²) < 4.78 is 0. The van der Waals surface area contributed by atoms with Gasteiger partial charge in [-0.2, -0.15) is 0 Å². The lowest BCUT2D eigenvalue weighted by atomic mass is 10.1. The van der Waals surface area contributed by atoms with Gasteiger partial charge >= 0.3 is 0 Å². The number of anilines is 1. The van der Waals surface area contributed by atoms with Gasteiger partial charge in [0.05, 0.1) is 11.9 Å². The zero-order valence-corrected chi connectivity index (χ0v) is 12.4. The van der Waals surface area contributed by atoms with Gasteiger partial charge in [-0.25, -0.2) is 4.98 Å². The summed E-state index contributed by atoms with van der Waals surface area (Å²) in [6, 6.07) is 10.0. The van der Waals surface area contributed by atoms with Crippen LogP contribution in [0.25, 0.3) is 0 Å². The van der Waals surface area contributed by atoms with Crippen LogP contribution in [0.3, 0.4) is 0 Å². The molecule has 0 bridgehead atoms. The van der Waals surface area contributed by atoms with E-state index in [4.69, 9.17) is 11.6 Å². The number of hydrogen-bond donors (Lipinski definition) is 1. The molecule has 0 aliphatic heterocycles. The lowest BCUT2D eigenvalue weighted by molar-refractivity contribution is -0.116. The van der Waals surface area contributed by atoms with Crippen molar-refractivity contribution < 1.29 is 4.79 Å². The molecule has 0 fully saturated rings. The molecular formula is C16H17ClN2O. The van der Waals surface area contributed by atoms with E-state index in [0.717, 1.165) is 17.5 Å². The number of aryl methyl sites for hydroxylation is 3. The summed E-state index contributed by atoms with van der Waals surface area (Å²) in [7, 11) is 0. The molecule has 0 spiro atoms. The third kappa shape index (κ3) is 4.07. The standard InChI is InChI=1S/C16H17ClN2O/c1-11-3-5-13(6-4-11)7-8-15(20)19-14-9-12(2)16(17)18-10-14/h3-6,9-10H,7-8H2,1-2H3,(H,19,20). The normalized spacial score (nSPS) is 10.3. The van der Waals surface area contributed by atoms with Crippen molar-refractivity contribution in [2.24, 2.45) is 0 Å². The molecule has 2 aromatic rings. The van der Waals surface area contributed by atoms with Crippen molar-refractivity contribution in [1.82, 2.24) is 4.98 Å². The SMILES string of the molecule is Cc1ccc(CCC(=O)Nc2cnc(Cl)c(C)c2)cc1. The summed E-state index contributed by atoms with van der Waals surface area (Å²) in [5.74, 6) is -0.0194. The molecule has 4 heteroatoms. The fraction of sp³-hybridized carbons (Fsp3) is 0.250. The lowest BCUT2D eigenvalue weighted by Crippen LogP contribution is -2.12. The van der Waals surface area contributed by atoms with Crippen LogP contribution >= 0.6 is 11.6 Å². The molecular weight excluding hydrogens is 272 g/mol. The highest BCUT2D eigenvalue weighted by Crippen LogP contribution is 2.16. The Hall–Kier alpha value is -1.87. The monoisotopic (exact) mass is 288 g/mol. The molecule has 2 rings (SSSR count). The van der Waals surface area contributed by atoms with Crippen LogP contribution in [0.4, 0.5) is 5.69 Å². The van der Waals surface area contributed by atoms with Crippen molar-refractivity contribution in [1.29, 1.82) is 0 Å². The highest BCUT2D eigenvalue weighted by atomic mass is 35.5. The molecule has 1 heterocycles. The second-order valence-electron chi connectivity index (χ2n) is 4.87. The Bertz CT molecular complexity index is 608. The van der Waals surface area contributed by atoms with Gasteiger partial charge in [0.15, 0.2) is 0 Å². The molecule has 0 aliphatic carbocycles. The molecule has 0 atom stereocenters. The zero-order chi connectivity index (χ0) is 14.5. The van der Waals surface area contributed by atoms with E-state index in [1.807, 2.05) is 19.9 Å². The summed E-state index contributed by atoms with van der Waals surface area (Å²) in [4.78, 5) is 15.9. The number of hydrogen-bond acceptors (Lipinski definition) is 2. The van der Waals surface area contributed by atoms with E-state index in [-0.39, 0.29) is 5.91 Å². The van der Waals surface area contributed by atoms with E-state index < -0.39 is 0 Å². The highest BCUT2D eigenvalue weighted by molar-refractivity contribution is 6.30. The maximum absolute atomic E-state index is 11.9. The minimum atomic E-state index is -0.0194. The van der Waals surface area contributed by atoms with Crippen LogP contribution in [0.2, 0.25) is 5.15 Å². The van der Waals surface area contributed by atoms with E-state index in [0.29, 0.717) is 17.3 Å². The molecule has 3 nitrogen and oxygen atoms in total. The average Bonchev–Trinajstić information content (AvgIpc) is 2.42. The molecule has 20 heavy (non-hydrogen) atoms. The summed E-state index contributed by atoms with van der Waals surface area (Å²) in [6.45, 7) is 3.91. The quantitative estimate of drug-likeness (QED) is 0.866. The summed E-state index contributed by atoms with van der Waals surface area (Å²) in [6.07, 6.45) is 2.75. The van der Waals surface area contributed by atoms with Crippen molar-refractivity contribution >= 4 is 23.2 Å². The van der Waals surface area contributed by atoms with E-state index >= 15 is 0 Å². The van der Waals surface area contributed by atoms with Gasteiger partial charge in [-0.3, -0.25) is 4.79 Å². The van der Waals surface area contributed by atoms with Crippen molar-refractivity contribution in [2.75, 3.05) is 5.32 Å². The fourth-order valence-corrected chi connectivity index (χ4v) is 1.97. The van der Waals surface area contributed by atoms with Gasteiger partial charge in [-0.05, 0) is 37.5 Å². The predicted octanol–water partition coefficient (Wildman–Crippen LogP) is 3.92. The van der Waals surface area contributed by atoms with Gasteiger partial charge in [0.2, 0.25) is 5.91 Å². The number of nitrogens with one attached hydrogen (secondary N) is 1. The number of aromatic nitrogens is 1.